The van der Waals surface area contributed by atoms with Crippen LogP contribution in [0.1, 0.15) is 54.6 Å². The predicted molar refractivity (Wildman–Crippen MR) is 101 cm³/mol. The Hall–Kier alpha value is -1.88. The van der Waals surface area contributed by atoms with E-state index in [0.717, 1.165) is 24.2 Å². The molecule has 1 aromatic rings. The molecule has 138 valence electrons. The van der Waals surface area contributed by atoms with Crippen molar-refractivity contribution in [1.82, 2.24) is 15.5 Å². The Balaban J connectivity index is 1.78. The summed E-state index contributed by atoms with van der Waals surface area (Å²) in [5.41, 5.74) is 2.74. The molecule has 2 rings (SSSR count). The first-order valence-corrected chi connectivity index (χ1v) is 9.17. The van der Waals surface area contributed by atoms with Crippen LogP contribution in [0.5, 0.6) is 0 Å². The van der Waals surface area contributed by atoms with E-state index in [0.29, 0.717) is 12.1 Å². The maximum Gasteiger partial charge on any atom is 0.251 e. The summed E-state index contributed by atoms with van der Waals surface area (Å²) in [6.07, 6.45) is 3.75. The van der Waals surface area contributed by atoms with Crippen LogP contribution in [0.4, 0.5) is 0 Å². The number of nitrogens with one attached hydrogen (secondary N) is 2. The van der Waals surface area contributed by atoms with Gasteiger partial charge in [0.25, 0.3) is 5.91 Å². The number of hydrogen-bond acceptors (Lipinski definition) is 3. The molecule has 1 saturated heterocycles. The van der Waals surface area contributed by atoms with E-state index in [1.807, 2.05) is 26.0 Å². The molecule has 0 atom stereocenters. The van der Waals surface area contributed by atoms with Crippen LogP contribution in [-0.4, -0.2) is 48.4 Å². The number of carbonyl (C=O) groups is 2. The highest BCUT2D eigenvalue weighted by atomic mass is 16.2. The molecule has 25 heavy (non-hydrogen) atoms. The second-order valence-corrected chi connectivity index (χ2v) is 7.62. The second-order valence-electron chi connectivity index (χ2n) is 7.62. The zero-order valence-corrected chi connectivity index (χ0v) is 15.9. The first-order valence-electron chi connectivity index (χ1n) is 9.17. The predicted octanol–water partition coefficient (Wildman–Crippen LogP) is 2.41. The van der Waals surface area contributed by atoms with Gasteiger partial charge in [-0.15, -0.1) is 0 Å². The van der Waals surface area contributed by atoms with Crippen LogP contribution in [0, 0.1) is 13.8 Å². The van der Waals surface area contributed by atoms with Gasteiger partial charge in [0, 0.05) is 17.6 Å². The van der Waals surface area contributed by atoms with E-state index in [1.165, 1.54) is 19.3 Å². The first-order chi connectivity index (χ1) is 11.8. The zero-order valence-electron chi connectivity index (χ0n) is 15.9. The van der Waals surface area contributed by atoms with Crippen molar-refractivity contribution in [2.75, 3.05) is 26.2 Å². The van der Waals surface area contributed by atoms with Gasteiger partial charge in [-0.3, -0.25) is 14.5 Å². The van der Waals surface area contributed by atoms with E-state index in [-0.39, 0.29) is 23.9 Å². The van der Waals surface area contributed by atoms with Crippen LogP contribution < -0.4 is 10.6 Å². The summed E-state index contributed by atoms with van der Waals surface area (Å²) in [7, 11) is 0. The smallest absolute Gasteiger partial charge is 0.251 e. The molecule has 5 nitrogen and oxygen atoms in total. The molecule has 0 aliphatic carbocycles. The van der Waals surface area contributed by atoms with Gasteiger partial charge < -0.3 is 10.6 Å². The molecule has 5 heteroatoms. The minimum absolute atomic E-state index is 0.00182. The average Bonchev–Trinajstić information content (AvgIpc) is 2.61. The molecule has 1 aliphatic rings. The van der Waals surface area contributed by atoms with Crippen molar-refractivity contribution in [2.24, 2.45) is 0 Å². The molecule has 0 bridgehead atoms. The molecular weight excluding hydrogens is 314 g/mol. The minimum Gasteiger partial charge on any atom is -0.353 e. The third-order valence-electron chi connectivity index (χ3n) is 5.11. The van der Waals surface area contributed by atoms with Crippen LogP contribution in [0.15, 0.2) is 18.2 Å². The Kier molecular flexibility index (Phi) is 6.59. The monoisotopic (exact) mass is 345 g/mol. The van der Waals surface area contributed by atoms with Crippen LogP contribution in [-0.2, 0) is 4.79 Å². The molecule has 0 saturated carbocycles. The molecule has 1 heterocycles. The summed E-state index contributed by atoms with van der Waals surface area (Å²) < 4.78 is 0. The lowest BCUT2D eigenvalue weighted by Crippen LogP contribution is -2.54. The number of amides is 2. The van der Waals surface area contributed by atoms with Crippen LogP contribution in [0.3, 0.4) is 0 Å². The quantitative estimate of drug-likeness (QED) is 0.832. The van der Waals surface area contributed by atoms with E-state index in [2.05, 4.69) is 29.4 Å². The Morgan fingerprint density at radius 2 is 1.72 bits per heavy atom. The fraction of sp³-hybridized carbons (Fsp3) is 0.600. The lowest BCUT2D eigenvalue weighted by molar-refractivity contribution is -0.120. The molecule has 1 aliphatic heterocycles. The number of hydrogen-bond donors (Lipinski definition) is 2. The average molecular weight is 345 g/mol. The molecule has 0 aromatic heterocycles. The van der Waals surface area contributed by atoms with Crippen molar-refractivity contribution < 1.29 is 9.59 Å². The van der Waals surface area contributed by atoms with Gasteiger partial charge in [-0.05, 0) is 76.9 Å². The first kappa shape index (κ1) is 19.4. The maximum atomic E-state index is 12.2. The van der Waals surface area contributed by atoms with Crippen molar-refractivity contribution in [2.45, 2.75) is 52.5 Å². The molecule has 0 unspecified atom stereocenters. The van der Waals surface area contributed by atoms with E-state index in [4.69, 9.17) is 0 Å². The standard InChI is InChI=1S/C20H31N3O2/c1-15-8-9-17(12-16(15)2)19(25)21-13-18(24)22-14-20(3,4)23-10-6-5-7-11-23/h8-9,12H,5-7,10-11,13-14H2,1-4H3,(H,21,25)(H,22,24). The number of benzene rings is 1. The van der Waals surface area contributed by atoms with Crippen molar-refractivity contribution in [3.63, 3.8) is 0 Å². The van der Waals surface area contributed by atoms with Gasteiger partial charge in [-0.2, -0.15) is 0 Å². The lowest BCUT2D eigenvalue weighted by atomic mass is 9.98. The van der Waals surface area contributed by atoms with Crippen molar-refractivity contribution in [3.05, 3.63) is 34.9 Å². The topological polar surface area (TPSA) is 61.4 Å². The van der Waals surface area contributed by atoms with Crippen LogP contribution in [0.25, 0.3) is 0 Å². The number of rotatable bonds is 6. The maximum absolute atomic E-state index is 12.2. The molecule has 0 radical (unpaired) electrons. The fourth-order valence-electron chi connectivity index (χ4n) is 3.13. The Morgan fingerprint density at radius 1 is 1.04 bits per heavy atom. The van der Waals surface area contributed by atoms with Gasteiger partial charge in [-0.25, -0.2) is 0 Å². The molecular formula is C20H31N3O2. The summed E-state index contributed by atoms with van der Waals surface area (Å²) in [4.78, 5) is 26.7. The number of carbonyl (C=O) groups excluding carboxylic acids is 2. The normalized spacial score (nSPS) is 15.7. The highest BCUT2D eigenvalue weighted by molar-refractivity contribution is 5.96. The Bertz CT molecular complexity index is 619. The SMILES string of the molecule is Cc1ccc(C(=O)NCC(=O)NCC(C)(C)N2CCCCC2)cc1C. The lowest BCUT2D eigenvalue weighted by Gasteiger charge is -2.41. The van der Waals surface area contributed by atoms with Crippen molar-refractivity contribution in [1.29, 1.82) is 0 Å². The Morgan fingerprint density at radius 3 is 2.36 bits per heavy atom. The van der Waals surface area contributed by atoms with Crippen molar-refractivity contribution >= 4 is 11.8 Å². The molecule has 1 fully saturated rings. The van der Waals surface area contributed by atoms with Crippen LogP contribution in [0.2, 0.25) is 0 Å². The summed E-state index contributed by atoms with van der Waals surface area (Å²) >= 11 is 0. The number of aryl methyl sites for hydroxylation is 2. The van der Waals surface area contributed by atoms with E-state index < -0.39 is 0 Å². The highest BCUT2D eigenvalue weighted by Crippen LogP contribution is 2.19. The largest absolute Gasteiger partial charge is 0.353 e. The van der Waals surface area contributed by atoms with E-state index >= 15 is 0 Å². The van der Waals surface area contributed by atoms with Crippen LogP contribution >= 0.6 is 0 Å². The van der Waals surface area contributed by atoms with Gasteiger partial charge in [0.2, 0.25) is 5.91 Å². The highest BCUT2D eigenvalue weighted by Gasteiger charge is 2.28. The summed E-state index contributed by atoms with van der Waals surface area (Å²) in [6.45, 7) is 11.1. The van der Waals surface area contributed by atoms with E-state index in [9.17, 15) is 9.59 Å². The summed E-state index contributed by atoms with van der Waals surface area (Å²) in [5, 5.41) is 5.65. The summed E-state index contributed by atoms with van der Waals surface area (Å²) in [6, 6.07) is 5.56. The number of likely N-dealkylation sites (tertiary alicyclic amines) is 1. The molecule has 1 aromatic carbocycles. The Labute approximate surface area is 151 Å². The molecule has 2 N–H and O–H groups in total. The van der Waals surface area contributed by atoms with Gasteiger partial charge >= 0.3 is 0 Å². The third kappa shape index (κ3) is 5.56. The van der Waals surface area contributed by atoms with Gasteiger partial charge in [-0.1, -0.05) is 12.5 Å². The molecule has 0 spiro atoms. The number of piperidine rings is 1. The fourth-order valence-corrected chi connectivity index (χ4v) is 3.13. The van der Waals surface area contributed by atoms with Gasteiger partial charge in [0.1, 0.15) is 0 Å². The van der Waals surface area contributed by atoms with Gasteiger partial charge in [0.15, 0.2) is 0 Å². The van der Waals surface area contributed by atoms with E-state index in [1.54, 1.807) is 6.07 Å². The van der Waals surface area contributed by atoms with Crippen molar-refractivity contribution in [3.8, 4) is 0 Å². The third-order valence-corrected chi connectivity index (χ3v) is 5.11. The van der Waals surface area contributed by atoms with Gasteiger partial charge in [0.05, 0.1) is 6.54 Å². The second kappa shape index (κ2) is 8.48. The summed E-state index contributed by atoms with van der Waals surface area (Å²) in [5.74, 6) is -0.365. The molecule has 2 amide bonds. The minimum atomic E-state index is -0.214. The number of nitrogens with zero attached hydrogens (tertiary/aromatic N) is 1. The zero-order chi connectivity index (χ0) is 18.4.